The first-order valence-electron chi connectivity index (χ1n) is 25.6. The van der Waals surface area contributed by atoms with E-state index in [9.17, 15) is 0 Å². The lowest BCUT2D eigenvalue weighted by molar-refractivity contribution is 0.668. The Balaban J connectivity index is 0.872. The highest BCUT2D eigenvalue weighted by molar-refractivity contribution is 6.15. The zero-order valence-electron chi connectivity index (χ0n) is 40.7. The maximum absolute atomic E-state index is 6.83. The topological polar surface area (TPSA) is 74.8 Å². The molecule has 0 saturated carbocycles. The molecule has 7 heteroatoms. The van der Waals surface area contributed by atoms with Crippen LogP contribution in [0.1, 0.15) is 0 Å². The standard InChI is InChI=1S/C69H41N5O2/c1-4-15-42(16-5-1)44-30-36-61-55(37-44)50-21-10-12-24-58(50)74(61)69-71-67(48-28-32-52-51-22-11-13-25-62(51)75-64(52)41-48)70-68(72-69)54-23-14-26-63-66(54)53-33-27-47(40-65(53)76-63)46-31-35-60-57(39-46)56-38-45(43-17-6-2-7-18-43)29-34-59(56)73(60)49-19-8-3-9-20-49/h1-41H. The molecule has 0 aliphatic rings. The lowest BCUT2D eigenvalue weighted by Gasteiger charge is -2.12. The van der Waals surface area contributed by atoms with E-state index < -0.39 is 0 Å². The van der Waals surface area contributed by atoms with Crippen LogP contribution in [0.3, 0.4) is 0 Å². The van der Waals surface area contributed by atoms with Crippen molar-refractivity contribution in [2.24, 2.45) is 0 Å². The Kier molecular flexibility index (Phi) is 9.20. The molecule has 16 rings (SSSR count). The Morgan fingerprint density at radius 3 is 1.46 bits per heavy atom. The summed E-state index contributed by atoms with van der Waals surface area (Å²) < 4.78 is 17.8. The first-order chi connectivity index (χ1) is 37.6. The molecule has 0 spiro atoms. The fourth-order valence-corrected chi connectivity index (χ4v) is 11.6. The first kappa shape index (κ1) is 42.2. The van der Waals surface area contributed by atoms with Gasteiger partial charge in [0.15, 0.2) is 11.6 Å². The average Bonchev–Trinajstić information content (AvgIpc) is 4.29. The maximum atomic E-state index is 6.83. The lowest BCUT2D eigenvalue weighted by Crippen LogP contribution is -2.06. The number of furan rings is 2. The van der Waals surface area contributed by atoms with Crippen molar-refractivity contribution in [3.8, 4) is 67.8 Å². The Labute approximate surface area is 434 Å². The molecule has 0 aliphatic heterocycles. The van der Waals surface area contributed by atoms with Gasteiger partial charge in [-0.25, -0.2) is 4.98 Å². The van der Waals surface area contributed by atoms with Crippen LogP contribution in [0.4, 0.5) is 0 Å². The number of para-hydroxylation sites is 3. The molecule has 0 amide bonds. The summed E-state index contributed by atoms with van der Waals surface area (Å²) in [6.07, 6.45) is 0. The number of aromatic nitrogens is 5. The Bertz CT molecular complexity index is 4990. The molecule has 0 N–H and O–H groups in total. The predicted octanol–water partition coefficient (Wildman–Crippen LogP) is 18.2. The first-order valence-corrected chi connectivity index (χ1v) is 25.6. The fourth-order valence-electron chi connectivity index (χ4n) is 11.6. The monoisotopic (exact) mass is 971 g/mol. The van der Waals surface area contributed by atoms with Crippen molar-refractivity contribution in [1.29, 1.82) is 0 Å². The Hall–Kier alpha value is -10.4. The van der Waals surface area contributed by atoms with Gasteiger partial charge >= 0.3 is 0 Å². The summed E-state index contributed by atoms with van der Waals surface area (Å²) in [7, 11) is 0. The molecule has 0 atom stereocenters. The molecule has 0 fully saturated rings. The number of fused-ring (bicyclic) bond motifs is 12. The minimum atomic E-state index is 0.510. The predicted molar refractivity (Wildman–Crippen MR) is 310 cm³/mol. The third-order valence-electron chi connectivity index (χ3n) is 15.2. The van der Waals surface area contributed by atoms with Crippen molar-refractivity contribution >= 4 is 87.5 Å². The van der Waals surface area contributed by atoms with Crippen molar-refractivity contribution in [2.75, 3.05) is 0 Å². The maximum Gasteiger partial charge on any atom is 0.238 e. The molecule has 7 nitrogen and oxygen atoms in total. The zero-order valence-corrected chi connectivity index (χ0v) is 40.7. The second kappa shape index (κ2) is 16.6. The van der Waals surface area contributed by atoms with Gasteiger partial charge in [-0.2, -0.15) is 9.97 Å². The number of nitrogens with zero attached hydrogens (tertiary/aromatic N) is 5. The van der Waals surface area contributed by atoms with E-state index in [0.717, 1.165) is 116 Å². The molecule has 0 radical (unpaired) electrons. The van der Waals surface area contributed by atoms with Crippen LogP contribution >= 0.6 is 0 Å². The third kappa shape index (κ3) is 6.59. The van der Waals surface area contributed by atoms with Crippen molar-refractivity contribution in [3.63, 3.8) is 0 Å². The molecule has 16 aromatic rings. The molecule has 0 saturated heterocycles. The van der Waals surface area contributed by atoms with Crippen LogP contribution in [0.2, 0.25) is 0 Å². The quantitative estimate of drug-likeness (QED) is 0.159. The van der Waals surface area contributed by atoms with Gasteiger partial charge < -0.3 is 13.4 Å². The van der Waals surface area contributed by atoms with Crippen LogP contribution in [-0.2, 0) is 0 Å². The summed E-state index contributed by atoms with van der Waals surface area (Å²) >= 11 is 0. The van der Waals surface area contributed by atoms with E-state index in [1.807, 2.05) is 36.4 Å². The van der Waals surface area contributed by atoms with E-state index in [2.05, 4.69) is 221 Å². The van der Waals surface area contributed by atoms with Crippen LogP contribution in [-0.4, -0.2) is 24.1 Å². The molecule has 0 aliphatic carbocycles. The molecule has 5 aromatic heterocycles. The van der Waals surface area contributed by atoms with E-state index in [-0.39, 0.29) is 0 Å². The molecular formula is C69H41N5O2. The highest BCUT2D eigenvalue weighted by atomic mass is 16.3. The van der Waals surface area contributed by atoms with E-state index in [1.165, 1.54) is 21.9 Å². The van der Waals surface area contributed by atoms with E-state index in [0.29, 0.717) is 17.6 Å². The molecule has 76 heavy (non-hydrogen) atoms. The Morgan fingerprint density at radius 1 is 0.263 bits per heavy atom. The van der Waals surface area contributed by atoms with E-state index in [1.54, 1.807) is 0 Å². The molecule has 0 bridgehead atoms. The van der Waals surface area contributed by atoms with Gasteiger partial charge in [0.1, 0.15) is 22.3 Å². The summed E-state index contributed by atoms with van der Waals surface area (Å²) in [5.74, 6) is 1.57. The van der Waals surface area contributed by atoms with Crippen LogP contribution in [0.5, 0.6) is 0 Å². The minimum absolute atomic E-state index is 0.510. The van der Waals surface area contributed by atoms with Gasteiger partial charge in [-0.15, -0.1) is 0 Å². The van der Waals surface area contributed by atoms with Gasteiger partial charge in [-0.1, -0.05) is 158 Å². The smallest absolute Gasteiger partial charge is 0.238 e. The lowest BCUT2D eigenvalue weighted by atomic mass is 9.99. The summed E-state index contributed by atoms with van der Waals surface area (Å²) in [6, 6.07) is 87.5. The van der Waals surface area contributed by atoms with Gasteiger partial charge in [0.05, 0.1) is 22.1 Å². The van der Waals surface area contributed by atoms with Gasteiger partial charge in [-0.05, 0) is 124 Å². The van der Waals surface area contributed by atoms with Crippen LogP contribution in [0, 0.1) is 0 Å². The van der Waals surface area contributed by atoms with Crippen LogP contribution < -0.4 is 0 Å². The molecule has 5 heterocycles. The van der Waals surface area contributed by atoms with Gasteiger partial charge in [0.25, 0.3) is 0 Å². The molecule has 0 unspecified atom stereocenters. The van der Waals surface area contributed by atoms with Crippen molar-refractivity contribution in [3.05, 3.63) is 249 Å². The second-order valence-corrected chi connectivity index (χ2v) is 19.5. The van der Waals surface area contributed by atoms with Gasteiger partial charge in [0.2, 0.25) is 5.95 Å². The highest BCUT2D eigenvalue weighted by Crippen LogP contribution is 2.42. The third-order valence-corrected chi connectivity index (χ3v) is 15.2. The zero-order chi connectivity index (χ0) is 49.8. The fraction of sp³-hybridized carbons (Fsp3) is 0. The summed E-state index contributed by atoms with van der Waals surface area (Å²) in [6.45, 7) is 0. The summed E-state index contributed by atoms with van der Waals surface area (Å²) in [4.78, 5) is 16.1. The normalized spacial score (nSPS) is 11.9. The van der Waals surface area contributed by atoms with Crippen LogP contribution in [0.25, 0.3) is 155 Å². The SMILES string of the molecule is c1ccc(-c2ccc3c(c2)c2cc(-c4ccc5c(c4)oc4cccc(-c6nc(-c7ccc8c(c7)oc7ccccc78)nc(-n7c8ccccc8c8cc(-c9ccccc9)ccc87)n6)c45)ccc2n3-c2ccccc2)cc1. The Morgan fingerprint density at radius 2 is 0.737 bits per heavy atom. The average molecular weight is 972 g/mol. The molecular weight excluding hydrogens is 931 g/mol. The van der Waals surface area contributed by atoms with E-state index in [4.69, 9.17) is 23.8 Å². The van der Waals surface area contributed by atoms with Crippen molar-refractivity contribution < 1.29 is 8.83 Å². The number of hydrogen-bond donors (Lipinski definition) is 0. The number of rotatable bonds is 7. The number of benzene rings is 11. The summed E-state index contributed by atoms with van der Waals surface area (Å²) in [5.41, 5.74) is 17.0. The van der Waals surface area contributed by atoms with Crippen molar-refractivity contribution in [1.82, 2.24) is 24.1 Å². The van der Waals surface area contributed by atoms with E-state index >= 15 is 0 Å². The minimum Gasteiger partial charge on any atom is -0.456 e. The van der Waals surface area contributed by atoms with Gasteiger partial charge in [0, 0.05) is 59.9 Å². The summed E-state index contributed by atoms with van der Waals surface area (Å²) in [5, 5.41) is 8.61. The largest absolute Gasteiger partial charge is 0.456 e. The van der Waals surface area contributed by atoms with Gasteiger partial charge in [-0.3, -0.25) is 4.57 Å². The number of hydrogen-bond acceptors (Lipinski definition) is 5. The van der Waals surface area contributed by atoms with Crippen LogP contribution in [0.15, 0.2) is 258 Å². The van der Waals surface area contributed by atoms with Crippen molar-refractivity contribution in [2.45, 2.75) is 0 Å². The molecule has 11 aromatic carbocycles. The second-order valence-electron chi connectivity index (χ2n) is 19.5. The highest BCUT2D eigenvalue weighted by Gasteiger charge is 2.23. The molecule has 354 valence electrons.